The Morgan fingerprint density at radius 2 is 1.59 bits per heavy atom. The minimum atomic E-state index is -0.334. The number of carbonyl (C=O) groups excluding carboxylic acids is 2. The first kappa shape index (κ1) is 18.5. The van der Waals surface area contributed by atoms with Gasteiger partial charge in [-0.25, -0.2) is 4.39 Å². The van der Waals surface area contributed by atoms with Crippen LogP contribution in [0.5, 0.6) is 0 Å². The first-order valence-corrected chi connectivity index (χ1v) is 9.12. The summed E-state index contributed by atoms with van der Waals surface area (Å²) in [5.41, 5.74) is 3.50. The van der Waals surface area contributed by atoms with Crippen molar-refractivity contribution in [1.29, 1.82) is 0 Å². The lowest BCUT2D eigenvalue weighted by Gasteiger charge is -2.09. The van der Waals surface area contributed by atoms with Crippen molar-refractivity contribution in [3.05, 3.63) is 107 Å². The summed E-state index contributed by atoms with van der Waals surface area (Å²) in [5, 5.41) is 2.83. The highest BCUT2D eigenvalue weighted by molar-refractivity contribution is 6.24. The normalized spacial score (nSPS) is 12.9. The van der Waals surface area contributed by atoms with Crippen LogP contribution in [0.25, 0.3) is 5.57 Å². The molecule has 3 aromatic carbocycles. The Kier molecular flexibility index (Phi) is 5.12. The van der Waals surface area contributed by atoms with Gasteiger partial charge in [0, 0.05) is 23.0 Å². The molecule has 0 radical (unpaired) electrons. The van der Waals surface area contributed by atoms with Crippen molar-refractivity contribution in [2.45, 2.75) is 0 Å². The predicted octanol–water partition coefficient (Wildman–Crippen LogP) is 4.53. The molecule has 0 bridgehead atoms. The van der Waals surface area contributed by atoms with E-state index < -0.39 is 0 Å². The Morgan fingerprint density at radius 1 is 0.862 bits per heavy atom. The number of benzene rings is 3. The van der Waals surface area contributed by atoms with E-state index >= 15 is 0 Å². The number of anilines is 1. The number of hydrogen-bond acceptors (Lipinski definition) is 3. The lowest BCUT2D eigenvalue weighted by atomic mass is 10.0. The molecule has 1 amide bonds. The molecule has 0 atom stereocenters. The van der Waals surface area contributed by atoms with E-state index in [1.54, 1.807) is 48.5 Å². The summed E-state index contributed by atoms with van der Waals surface area (Å²) in [5.74, 6) is -0.774. The molecule has 0 saturated carbocycles. The molecule has 0 spiro atoms. The smallest absolute Gasteiger partial charge is 0.257 e. The zero-order chi connectivity index (χ0) is 20.2. The van der Waals surface area contributed by atoms with Crippen LogP contribution < -0.4 is 5.32 Å². The van der Waals surface area contributed by atoms with E-state index in [0.717, 1.165) is 11.1 Å². The van der Waals surface area contributed by atoms with Crippen LogP contribution in [0, 0.1) is 5.82 Å². The fourth-order valence-corrected chi connectivity index (χ4v) is 3.18. The van der Waals surface area contributed by atoms with Crippen molar-refractivity contribution in [2.75, 3.05) is 11.9 Å². The van der Waals surface area contributed by atoms with Gasteiger partial charge in [0.15, 0.2) is 5.78 Å². The average Bonchev–Trinajstić information content (AvgIpc) is 3.25. The maximum Gasteiger partial charge on any atom is 0.257 e. The minimum absolute atomic E-state index is 0.115. The fourth-order valence-electron chi connectivity index (χ4n) is 3.18. The molecule has 5 heteroatoms. The summed E-state index contributed by atoms with van der Waals surface area (Å²) < 4.78 is 13.2. The lowest BCUT2D eigenvalue weighted by Crippen LogP contribution is -2.16. The first-order valence-electron chi connectivity index (χ1n) is 9.12. The maximum absolute atomic E-state index is 13.2. The molecule has 1 N–H and O–H groups in total. The number of nitrogens with one attached hydrogen (secondary N) is 1. The number of hydrogen-bond donors (Lipinski definition) is 1. The topological polar surface area (TPSA) is 58.5 Å². The van der Waals surface area contributed by atoms with Gasteiger partial charge >= 0.3 is 0 Å². The summed E-state index contributed by atoms with van der Waals surface area (Å²) in [6, 6.07) is 21.8. The number of nitrogens with zero attached hydrogens (tertiary/aromatic N) is 1. The summed E-state index contributed by atoms with van der Waals surface area (Å²) in [6.07, 6.45) is 1.52. The summed E-state index contributed by atoms with van der Waals surface area (Å²) in [4.78, 5) is 29.6. The number of halogens is 1. The third-order valence-electron chi connectivity index (χ3n) is 4.65. The molecule has 0 fully saturated rings. The van der Waals surface area contributed by atoms with Crippen LogP contribution in [0.3, 0.4) is 0 Å². The van der Waals surface area contributed by atoms with E-state index in [0.29, 0.717) is 28.9 Å². The Labute approximate surface area is 167 Å². The van der Waals surface area contributed by atoms with E-state index in [4.69, 9.17) is 0 Å². The van der Waals surface area contributed by atoms with Crippen molar-refractivity contribution in [2.24, 2.45) is 4.99 Å². The van der Waals surface area contributed by atoms with E-state index in [9.17, 15) is 14.0 Å². The van der Waals surface area contributed by atoms with Crippen LogP contribution >= 0.6 is 0 Å². The second-order valence-electron chi connectivity index (χ2n) is 6.60. The van der Waals surface area contributed by atoms with Crippen molar-refractivity contribution in [3.8, 4) is 0 Å². The van der Waals surface area contributed by atoms with Crippen LogP contribution in [0.1, 0.15) is 21.5 Å². The zero-order valence-electron chi connectivity index (χ0n) is 15.4. The molecule has 4 rings (SSSR count). The third kappa shape index (κ3) is 4.04. The van der Waals surface area contributed by atoms with Crippen molar-refractivity contribution in [1.82, 2.24) is 0 Å². The van der Waals surface area contributed by atoms with Crippen molar-refractivity contribution >= 4 is 29.2 Å². The number of carbonyl (C=O) groups is 2. The Hall–Kier alpha value is -3.86. The molecule has 29 heavy (non-hydrogen) atoms. The molecule has 1 aliphatic rings. The van der Waals surface area contributed by atoms with Gasteiger partial charge in [-0.3, -0.25) is 14.6 Å². The van der Waals surface area contributed by atoms with Crippen LogP contribution in [-0.4, -0.2) is 24.4 Å². The van der Waals surface area contributed by atoms with Gasteiger partial charge in [-0.1, -0.05) is 54.6 Å². The zero-order valence-corrected chi connectivity index (χ0v) is 15.4. The summed E-state index contributed by atoms with van der Waals surface area (Å²) in [6.45, 7) is 0.362. The Balaban J connectivity index is 1.57. The highest BCUT2D eigenvalue weighted by Gasteiger charge is 2.19. The van der Waals surface area contributed by atoms with Crippen molar-refractivity contribution in [3.63, 3.8) is 0 Å². The molecule has 142 valence electrons. The molecule has 0 aromatic heterocycles. The van der Waals surface area contributed by atoms with E-state index in [-0.39, 0.29) is 17.5 Å². The average molecular weight is 384 g/mol. The van der Waals surface area contributed by atoms with Crippen LogP contribution in [0.2, 0.25) is 0 Å². The maximum atomic E-state index is 13.2. The van der Waals surface area contributed by atoms with Gasteiger partial charge in [0.2, 0.25) is 0 Å². The number of aliphatic imine (C=N–C) groups is 1. The Bertz CT molecular complexity index is 1130. The van der Waals surface area contributed by atoms with E-state index in [2.05, 4.69) is 10.3 Å². The molecule has 0 saturated heterocycles. The van der Waals surface area contributed by atoms with E-state index in [1.165, 1.54) is 18.3 Å². The molecule has 4 nitrogen and oxygen atoms in total. The first-order chi connectivity index (χ1) is 14.1. The molecular weight excluding hydrogens is 367 g/mol. The van der Waals surface area contributed by atoms with Gasteiger partial charge in [-0.2, -0.15) is 0 Å². The highest BCUT2D eigenvalue weighted by atomic mass is 19.1. The van der Waals surface area contributed by atoms with Crippen LogP contribution in [0.15, 0.2) is 89.4 Å². The molecule has 1 aliphatic heterocycles. The van der Waals surface area contributed by atoms with Crippen LogP contribution in [-0.2, 0) is 4.79 Å². The summed E-state index contributed by atoms with van der Waals surface area (Å²) in [7, 11) is 0. The highest BCUT2D eigenvalue weighted by Crippen LogP contribution is 2.24. The molecule has 3 aromatic rings. The van der Waals surface area contributed by atoms with Gasteiger partial charge in [-0.15, -0.1) is 0 Å². The molecular formula is C24H17FN2O2. The van der Waals surface area contributed by atoms with Gasteiger partial charge < -0.3 is 5.32 Å². The van der Waals surface area contributed by atoms with Gasteiger partial charge in [0.05, 0.1) is 12.1 Å². The SMILES string of the molecule is O=C(Nc1cccc(C(=O)c2ccccc2)c1)C1=C(c2ccc(F)cc2)CN=C1. The van der Waals surface area contributed by atoms with Crippen molar-refractivity contribution < 1.29 is 14.0 Å². The standard InChI is InChI=1S/C24H17FN2O2/c25-19-11-9-16(10-12-19)21-14-26-15-22(21)24(29)27-20-8-4-7-18(13-20)23(28)17-5-2-1-3-6-17/h1-13,15H,14H2,(H,27,29). The number of rotatable bonds is 5. The predicted molar refractivity (Wildman–Crippen MR) is 112 cm³/mol. The van der Waals surface area contributed by atoms with E-state index in [1.807, 2.05) is 18.2 Å². The second kappa shape index (κ2) is 8.02. The molecule has 1 heterocycles. The quantitative estimate of drug-likeness (QED) is 0.657. The molecule has 0 unspecified atom stereocenters. The second-order valence-corrected chi connectivity index (χ2v) is 6.60. The number of amides is 1. The minimum Gasteiger partial charge on any atom is -0.322 e. The Morgan fingerprint density at radius 3 is 2.34 bits per heavy atom. The fraction of sp³-hybridized carbons (Fsp3) is 0.0417. The van der Waals surface area contributed by atoms with Gasteiger partial charge in [0.1, 0.15) is 5.82 Å². The third-order valence-corrected chi connectivity index (χ3v) is 4.65. The molecule has 0 aliphatic carbocycles. The largest absolute Gasteiger partial charge is 0.322 e. The number of ketones is 1. The summed E-state index contributed by atoms with van der Waals surface area (Å²) >= 11 is 0. The van der Waals surface area contributed by atoms with Gasteiger partial charge in [-0.05, 0) is 35.4 Å². The lowest BCUT2D eigenvalue weighted by molar-refractivity contribution is -0.112. The van der Waals surface area contributed by atoms with Gasteiger partial charge in [0.25, 0.3) is 5.91 Å². The monoisotopic (exact) mass is 384 g/mol. The van der Waals surface area contributed by atoms with Crippen LogP contribution in [0.4, 0.5) is 10.1 Å².